The summed E-state index contributed by atoms with van der Waals surface area (Å²) >= 11 is 7.86. The molecule has 0 unspecified atom stereocenters. The van der Waals surface area contributed by atoms with E-state index in [9.17, 15) is 41.1 Å². The number of hydrogen-bond donors (Lipinski definition) is 5. The number of halogens is 4. The van der Waals surface area contributed by atoms with Gasteiger partial charge < -0.3 is 20.4 Å². The number of aliphatic carboxylic acids is 1. The molecule has 6 N–H and O–H groups in total. The van der Waals surface area contributed by atoms with Gasteiger partial charge in [-0.15, -0.1) is 21.5 Å². The zero-order valence-electron chi connectivity index (χ0n) is 31.4. The Kier molecular flexibility index (Phi) is 13.6. The zero-order chi connectivity index (χ0) is 43.4. The summed E-state index contributed by atoms with van der Waals surface area (Å²) in [5, 5.41) is 34.8. The number of piperidine rings is 1. The average Bonchev–Trinajstić information content (AvgIpc) is 3.64. The van der Waals surface area contributed by atoms with Gasteiger partial charge in [0.2, 0.25) is 11.8 Å². The number of carboxylic acids is 2. The van der Waals surface area contributed by atoms with Crippen LogP contribution < -0.4 is 15.2 Å². The quantitative estimate of drug-likeness (QED) is 0.155. The number of carbonyl (C=O) groups excluding carboxylic acids is 2. The molecule has 2 aliphatic rings. The summed E-state index contributed by atoms with van der Waals surface area (Å²) in [6.07, 6.45) is -4.18. The molecular weight excluding hydrogens is 841 g/mol. The topological polar surface area (TPSA) is 239 Å². The number of carbonyl (C=O) groups is 4. The molecule has 1 atom stereocenters. The molecular formula is C37H36ClF3N8O8S2. The van der Waals surface area contributed by atoms with Crippen LogP contribution in [0.1, 0.15) is 74.4 Å². The van der Waals surface area contributed by atoms with Gasteiger partial charge in [0.25, 0.3) is 10.2 Å². The number of nitrogens with one attached hydrogen (secondary N) is 2. The molecule has 4 aromatic rings. The highest BCUT2D eigenvalue weighted by Crippen LogP contribution is 2.40. The zero-order valence-corrected chi connectivity index (χ0v) is 33.8. The Balaban J connectivity index is 0.000000867. The van der Waals surface area contributed by atoms with Gasteiger partial charge in [0.1, 0.15) is 16.9 Å². The van der Waals surface area contributed by atoms with Crippen LogP contribution in [0.3, 0.4) is 0 Å². The number of rotatable bonds is 8. The van der Waals surface area contributed by atoms with E-state index in [1.807, 2.05) is 40.5 Å². The monoisotopic (exact) mass is 876 g/mol. The molecule has 0 radical (unpaired) electrons. The van der Waals surface area contributed by atoms with Crippen molar-refractivity contribution in [1.82, 2.24) is 24.4 Å². The van der Waals surface area contributed by atoms with Crippen molar-refractivity contribution in [3.8, 4) is 16.8 Å². The Hall–Kier alpha value is -5.66. The molecule has 22 heteroatoms. The van der Waals surface area contributed by atoms with E-state index in [-0.39, 0.29) is 35.9 Å². The normalized spacial score (nSPS) is 15.3. The van der Waals surface area contributed by atoms with E-state index in [2.05, 4.69) is 41.2 Å². The number of amides is 2. The molecule has 0 spiro atoms. The van der Waals surface area contributed by atoms with Crippen LogP contribution >= 0.6 is 22.9 Å². The molecule has 0 aliphatic carbocycles. The lowest BCUT2D eigenvalue weighted by molar-refractivity contribution is -0.192. The standard InChI is InChI=1S/C35H35ClN8O6S2.C2HF3O2/c1-19-20(2)51-34-30(19)31(22-6-8-25(36)9-7-22)40-28(32-42-41-21(3)44(32)34)18-29(45)43-15-12-23(13-16-43)33(46)39-26-10-11-27(35(47)48)24(17-26)5-4-14-38-52(37,49)50;3-2(4,5)1(6)7/h6-11,17,23,28,38H,12-16,18H2,1-3H3,(H,39,46)(H,47,48)(H2,37,49,50);(H,6,7)/t28-;/m0./s1. The number of thiophene rings is 1. The Bertz CT molecular complexity index is 2500. The van der Waals surface area contributed by atoms with Crippen molar-refractivity contribution in [1.29, 1.82) is 0 Å². The van der Waals surface area contributed by atoms with Crippen molar-refractivity contribution in [3.63, 3.8) is 0 Å². The second-order valence-corrected chi connectivity index (χ2v) is 16.3. The van der Waals surface area contributed by atoms with Crippen molar-refractivity contribution in [2.75, 3.05) is 25.0 Å². The van der Waals surface area contributed by atoms with Crippen molar-refractivity contribution >= 4 is 68.3 Å². The lowest BCUT2D eigenvalue weighted by Crippen LogP contribution is -2.41. The molecule has 16 nitrogen and oxygen atoms in total. The molecule has 1 saturated heterocycles. The molecule has 1 fully saturated rings. The fourth-order valence-corrected chi connectivity index (χ4v) is 7.86. The maximum absolute atomic E-state index is 13.8. The van der Waals surface area contributed by atoms with E-state index in [0.717, 1.165) is 32.3 Å². The number of hydrogen-bond acceptors (Lipinski definition) is 10. The lowest BCUT2D eigenvalue weighted by atomic mass is 9.95. The van der Waals surface area contributed by atoms with Gasteiger partial charge in [0.15, 0.2) is 5.82 Å². The van der Waals surface area contributed by atoms with E-state index >= 15 is 0 Å². The highest BCUT2D eigenvalue weighted by Gasteiger charge is 2.38. The summed E-state index contributed by atoms with van der Waals surface area (Å²) in [7, 11) is -3.96. The number of aliphatic imine (C=N–C) groups is 1. The number of fused-ring (bicyclic) bond motifs is 3. The van der Waals surface area contributed by atoms with Crippen molar-refractivity contribution in [2.24, 2.45) is 16.0 Å². The van der Waals surface area contributed by atoms with E-state index in [4.69, 9.17) is 31.6 Å². The maximum atomic E-state index is 13.8. The van der Waals surface area contributed by atoms with Crippen molar-refractivity contribution in [2.45, 2.75) is 52.3 Å². The first kappa shape index (κ1) is 44.4. The molecule has 4 heterocycles. The third-order valence-corrected chi connectivity index (χ3v) is 11.3. The molecule has 0 bridgehead atoms. The molecule has 312 valence electrons. The number of alkyl halides is 3. The molecule has 2 aromatic carbocycles. The van der Waals surface area contributed by atoms with Crippen LogP contribution in [0.2, 0.25) is 5.02 Å². The minimum Gasteiger partial charge on any atom is -0.478 e. The average molecular weight is 877 g/mol. The summed E-state index contributed by atoms with van der Waals surface area (Å²) in [4.78, 5) is 55.8. The fraction of sp³-hybridized carbons (Fsp3) is 0.324. The largest absolute Gasteiger partial charge is 0.490 e. The van der Waals surface area contributed by atoms with Crippen LogP contribution in [-0.4, -0.2) is 93.6 Å². The number of nitrogens with zero attached hydrogens (tertiary/aromatic N) is 5. The minimum absolute atomic E-state index is 0.0610. The summed E-state index contributed by atoms with van der Waals surface area (Å²) in [6, 6.07) is 11.1. The molecule has 59 heavy (non-hydrogen) atoms. The summed E-state index contributed by atoms with van der Waals surface area (Å²) in [5.41, 5.74) is 4.03. The Morgan fingerprint density at radius 1 is 1.03 bits per heavy atom. The minimum atomic E-state index is -5.08. The van der Waals surface area contributed by atoms with E-state index in [0.29, 0.717) is 48.3 Å². The van der Waals surface area contributed by atoms with Gasteiger partial charge in [-0.05, 0) is 69.5 Å². The second kappa shape index (κ2) is 18.1. The molecule has 2 amide bonds. The van der Waals surface area contributed by atoms with E-state index in [1.54, 1.807) is 16.2 Å². The Labute approximate surface area is 344 Å². The number of nitrogens with two attached hydrogens (primary N) is 1. The number of likely N-dealkylation sites (tertiary alicyclic amines) is 1. The second-order valence-electron chi connectivity index (χ2n) is 13.3. The number of benzene rings is 2. The van der Waals surface area contributed by atoms with Gasteiger partial charge in [0, 0.05) is 51.3 Å². The Morgan fingerprint density at radius 3 is 2.27 bits per heavy atom. The number of aromatic carboxylic acids is 1. The molecule has 2 aromatic heterocycles. The van der Waals surface area contributed by atoms with Gasteiger partial charge in [0.05, 0.1) is 24.2 Å². The highest BCUT2D eigenvalue weighted by atomic mass is 35.5. The predicted octanol–water partition coefficient (Wildman–Crippen LogP) is 4.54. The van der Waals surface area contributed by atoms with Gasteiger partial charge in [-0.1, -0.05) is 35.6 Å². The summed E-state index contributed by atoms with van der Waals surface area (Å²) in [6.45, 7) is 6.42. The predicted molar refractivity (Wildman–Crippen MR) is 211 cm³/mol. The van der Waals surface area contributed by atoms with Crippen molar-refractivity contribution < 1.29 is 51.0 Å². The summed E-state index contributed by atoms with van der Waals surface area (Å²) in [5.74, 6) is 1.66. The maximum Gasteiger partial charge on any atom is 0.490 e. The van der Waals surface area contributed by atoms with Gasteiger partial charge in [-0.2, -0.15) is 26.3 Å². The smallest absolute Gasteiger partial charge is 0.478 e. The van der Waals surface area contributed by atoms with E-state index < -0.39 is 40.3 Å². The Morgan fingerprint density at radius 2 is 1.68 bits per heavy atom. The molecule has 0 saturated carbocycles. The van der Waals surface area contributed by atoms with Gasteiger partial charge in [-0.25, -0.2) is 14.7 Å². The van der Waals surface area contributed by atoms with Crippen LogP contribution in [0.15, 0.2) is 47.5 Å². The number of carboxylic acid groups (broad SMARTS) is 2. The number of aryl methyl sites for hydroxylation is 2. The SMILES string of the molecule is Cc1sc2c(c1C)C(c1ccc(Cl)cc1)=N[C@@H](CC(=O)N1CCC(C(=O)Nc3ccc(C(=O)O)c(C#CCNS(N)(=O)=O)c3)CC1)c1nnc(C)n1-2.O=C(O)C(F)(F)F. The van der Waals surface area contributed by atoms with Crippen LogP contribution in [0, 0.1) is 38.5 Å². The van der Waals surface area contributed by atoms with Gasteiger partial charge in [-0.3, -0.25) is 19.1 Å². The van der Waals surface area contributed by atoms with Gasteiger partial charge >= 0.3 is 18.1 Å². The number of aromatic nitrogens is 3. The highest BCUT2D eigenvalue weighted by molar-refractivity contribution is 7.87. The van der Waals surface area contributed by atoms with Crippen LogP contribution in [0.5, 0.6) is 0 Å². The first-order chi connectivity index (χ1) is 27.6. The van der Waals surface area contributed by atoms with Crippen LogP contribution in [0.25, 0.3) is 5.00 Å². The summed E-state index contributed by atoms with van der Waals surface area (Å²) < 4.78 is 57.9. The molecule has 2 aliphatic heterocycles. The van der Waals surface area contributed by atoms with Crippen LogP contribution in [-0.2, 0) is 24.6 Å². The van der Waals surface area contributed by atoms with E-state index in [1.165, 1.54) is 18.2 Å². The first-order valence-electron chi connectivity index (χ1n) is 17.5. The first-order valence-corrected chi connectivity index (χ1v) is 20.3. The number of anilines is 1. The lowest BCUT2D eigenvalue weighted by Gasteiger charge is -2.32. The molecule has 6 rings (SSSR count). The third-order valence-electron chi connectivity index (χ3n) is 9.29. The van der Waals surface area contributed by atoms with Crippen molar-refractivity contribution in [3.05, 3.63) is 91.8 Å². The third kappa shape index (κ3) is 10.9. The fourth-order valence-electron chi connectivity index (χ4n) is 6.25. The van der Waals surface area contributed by atoms with Crippen LogP contribution in [0.4, 0.5) is 18.9 Å².